The summed E-state index contributed by atoms with van der Waals surface area (Å²) in [5.74, 6) is 5.85. The van der Waals surface area contributed by atoms with Gasteiger partial charge in [0.25, 0.3) is 0 Å². The van der Waals surface area contributed by atoms with E-state index in [4.69, 9.17) is 5.84 Å². The number of nitrogens with one attached hydrogen (secondary N) is 2. The molecule has 0 unspecified atom stereocenters. The largest absolute Gasteiger partial charge is 0.417 e. The maximum absolute atomic E-state index is 12.8. The van der Waals surface area contributed by atoms with E-state index in [2.05, 4.69) is 52.6 Å². The molecule has 0 aliphatic heterocycles. The van der Waals surface area contributed by atoms with Crippen LogP contribution in [0.2, 0.25) is 0 Å². The van der Waals surface area contributed by atoms with Gasteiger partial charge in [-0.3, -0.25) is 0 Å². The first-order chi connectivity index (χ1) is 9.82. The van der Waals surface area contributed by atoms with Gasteiger partial charge in [0, 0.05) is 10.2 Å². The molecule has 1 aromatic carbocycles. The van der Waals surface area contributed by atoms with E-state index in [1.807, 2.05) is 0 Å². The molecule has 2 rings (SSSR count). The Bertz CT molecular complexity index is 663. The highest BCUT2D eigenvalue weighted by atomic mass is 79.9. The highest BCUT2D eigenvalue weighted by Gasteiger charge is 2.33. The van der Waals surface area contributed by atoms with Crippen LogP contribution in [0.15, 0.2) is 33.5 Å². The summed E-state index contributed by atoms with van der Waals surface area (Å²) in [6.07, 6.45) is -3.23. The molecule has 0 saturated heterocycles. The number of nitrogens with two attached hydrogens (primary N) is 1. The summed E-state index contributed by atoms with van der Waals surface area (Å²) in [5.41, 5.74) is 1.79. The molecule has 4 N–H and O–H groups in total. The van der Waals surface area contributed by atoms with Gasteiger partial charge in [0.05, 0.1) is 5.56 Å². The summed E-state index contributed by atoms with van der Waals surface area (Å²) in [7, 11) is 0. The minimum Gasteiger partial charge on any atom is -0.339 e. The van der Waals surface area contributed by atoms with E-state index in [0.29, 0.717) is 10.3 Å². The lowest BCUT2D eigenvalue weighted by atomic mass is 10.2. The van der Waals surface area contributed by atoms with Crippen LogP contribution in [0.3, 0.4) is 0 Å². The molecule has 0 bridgehead atoms. The highest BCUT2D eigenvalue weighted by molar-refractivity contribution is 9.11. The van der Waals surface area contributed by atoms with Gasteiger partial charge < -0.3 is 10.7 Å². The van der Waals surface area contributed by atoms with Crippen molar-refractivity contribution >= 4 is 49.2 Å². The number of halogens is 5. The minimum atomic E-state index is -4.45. The van der Waals surface area contributed by atoms with Crippen LogP contribution in [0, 0.1) is 0 Å². The van der Waals surface area contributed by atoms with Crippen LogP contribution in [0.4, 0.5) is 30.5 Å². The van der Waals surface area contributed by atoms with Crippen LogP contribution in [0.1, 0.15) is 5.56 Å². The Kier molecular flexibility index (Phi) is 4.69. The van der Waals surface area contributed by atoms with E-state index < -0.39 is 11.7 Å². The van der Waals surface area contributed by atoms with Gasteiger partial charge in [-0.05, 0) is 34.1 Å². The summed E-state index contributed by atoms with van der Waals surface area (Å²) < 4.78 is 38.9. The third-order valence-electron chi connectivity index (χ3n) is 2.46. The first-order valence-corrected chi connectivity index (χ1v) is 7.02. The van der Waals surface area contributed by atoms with E-state index in [-0.39, 0.29) is 16.0 Å². The Hall–Kier alpha value is -1.39. The van der Waals surface area contributed by atoms with Gasteiger partial charge in [-0.2, -0.15) is 13.2 Å². The number of hydrogen-bond acceptors (Lipinski definition) is 5. The van der Waals surface area contributed by atoms with Crippen LogP contribution < -0.4 is 16.6 Å². The van der Waals surface area contributed by atoms with Gasteiger partial charge in [-0.25, -0.2) is 15.8 Å². The summed E-state index contributed by atoms with van der Waals surface area (Å²) >= 11 is 6.09. The van der Waals surface area contributed by atoms with Gasteiger partial charge in [0.1, 0.15) is 16.6 Å². The van der Waals surface area contributed by atoms with Crippen molar-refractivity contribution in [1.29, 1.82) is 0 Å². The first kappa shape index (κ1) is 16.0. The Morgan fingerprint density at radius 3 is 2.38 bits per heavy atom. The lowest BCUT2D eigenvalue weighted by Crippen LogP contribution is -2.11. The quantitative estimate of drug-likeness (QED) is 0.510. The zero-order chi connectivity index (χ0) is 15.6. The van der Waals surface area contributed by atoms with Crippen molar-refractivity contribution < 1.29 is 13.2 Å². The SMILES string of the molecule is NNc1ncnc(Nc2ccc(Br)c(C(F)(F)F)c2)c1Br. The fourth-order valence-corrected chi connectivity index (χ4v) is 2.40. The number of aromatic nitrogens is 2. The Labute approximate surface area is 134 Å². The van der Waals surface area contributed by atoms with Gasteiger partial charge in [-0.1, -0.05) is 15.9 Å². The zero-order valence-electron chi connectivity index (χ0n) is 10.2. The average molecular weight is 427 g/mol. The number of rotatable bonds is 3. The third kappa shape index (κ3) is 3.63. The van der Waals surface area contributed by atoms with Crippen LogP contribution in [0.25, 0.3) is 0 Å². The minimum absolute atomic E-state index is 0.0355. The summed E-state index contributed by atoms with van der Waals surface area (Å²) in [6, 6.07) is 3.78. The second kappa shape index (κ2) is 6.16. The van der Waals surface area contributed by atoms with Gasteiger partial charge in [0.15, 0.2) is 5.82 Å². The maximum Gasteiger partial charge on any atom is 0.417 e. The predicted molar refractivity (Wildman–Crippen MR) is 80.0 cm³/mol. The number of nitrogens with zero attached hydrogens (tertiary/aromatic N) is 2. The molecule has 0 radical (unpaired) electrons. The molecular weight excluding hydrogens is 419 g/mol. The molecule has 2 aromatic rings. The Morgan fingerprint density at radius 1 is 1.10 bits per heavy atom. The Morgan fingerprint density at radius 2 is 1.76 bits per heavy atom. The standard InChI is InChI=1S/C11H8Br2F3N5/c12-7-2-1-5(3-6(7)11(14,15)16)20-9-8(13)10(21-17)19-4-18-9/h1-4H,17H2,(H2,18,19,20,21). The number of hydrazine groups is 1. The smallest absolute Gasteiger partial charge is 0.339 e. The predicted octanol–water partition coefficient (Wildman–Crippen LogP) is 4.05. The molecule has 5 nitrogen and oxygen atoms in total. The second-order valence-corrected chi connectivity index (χ2v) is 5.49. The molecule has 112 valence electrons. The molecule has 1 heterocycles. The van der Waals surface area contributed by atoms with E-state index in [1.54, 1.807) is 0 Å². The molecule has 1 aromatic heterocycles. The van der Waals surface area contributed by atoms with Crippen molar-refractivity contribution in [1.82, 2.24) is 9.97 Å². The van der Waals surface area contributed by atoms with Crippen molar-refractivity contribution in [3.63, 3.8) is 0 Å². The molecule has 0 atom stereocenters. The number of nitrogen functional groups attached to an aromatic ring is 1. The van der Waals surface area contributed by atoms with E-state index >= 15 is 0 Å². The van der Waals surface area contributed by atoms with Crippen LogP contribution in [-0.4, -0.2) is 9.97 Å². The second-order valence-electron chi connectivity index (χ2n) is 3.85. The van der Waals surface area contributed by atoms with Crippen molar-refractivity contribution in [3.8, 4) is 0 Å². The van der Waals surface area contributed by atoms with Crippen LogP contribution in [-0.2, 0) is 6.18 Å². The molecule has 21 heavy (non-hydrogen) atoms. The fraction of sp³-hybridized carbons (Fsp3) is 0.0909. The van der Waals surface area contributed by atoms with Gasteiger partial charge >= 0.3 is 6.18 Å². The number of alkyl halides is 3. The first-order valence-electron chi connectivity index (χ1n) is 5.44. The Balaban J connectivity index is 2.37. The van der Waals surface area contributed by atoms with Crippen molar-refractivity contribution in [2.24, 2.45) is 5.84 Å². The van der Waals surface area contributed by atoms with Crippen molar-refractivity contribution in [2.75, 3.05) is 10.7 Å². The number of anilines is 3. The lowest BCUT2D eigenvalue weighted by molar-refractivity contribution is -0.138. The van der Waals surface area contributed by atoms with Crippen molar-refractivity contribution in [3.05, 3.63) is 39.0 Å². The van der Waals surface area contributed by atoms with Crippen LogP contribution in [0.5, 0.6) is 0 Å². The van der Waals surface area contributed by atoms with E-state index in [0.717, 1.165) is 6.07 Å². The van der Waals surface area contributed by atoms with Crippen molar-refractivity contribution in [2.45, 2.75) is 6.18 Å². The summed E-state index contributed by atoms with van der Waals surface area (Å²) in [4.78, 5) is 7.79. The molecule has 0 amide bonds. The summed E-state index contributed by atoms with van der Waals surface area (Å²) in [6.45, 7) is 0. The molecule has 0 fully saturated rings. The monoisotopic (exact) mass is 425 g/mol. The van der Waals surface area contributed by atoms with E-state index in [9.17, 15) is 13.2 Å². The number of hydrogen-bond donors (Lipinski definition) is 3. The number of benzene rings is 1. The summed E-state index contributed by atoms with van der Waals surface area (Å²) in [5, 5.41) is 2.77. The molecule has 0 spiro atoms. The fourth-order valence-electron chi connectivity index (χ4n) is 1.51. The highest BCUT2D eigenvalue weighted by Crippen LogP contribution is 2.37. The van der Waals surface area contributed by atoms with E-state index in [1.165, 1.54) is 18.5 Å². The topological polar surface area (TPSA) is 75.9 Å². The van der Waals surface area contributed by atoms with Gasteiger partial charge in [0.2, 0.25) is 0 Å². The maximum atomic E-state index is 12.8. The average Bonchev–Trinajstić information content (AvgIpc) is 2.42. The third-order valence-corrected chi connectivity index (χ3v) is 3.90. The normalized spacial score (nSPS) is 11.3. The lowest BCUT2D eigenvalue weighted by Gasteiger charge is -2.13. The molecular formula is C11H8Br2F3N5. The molecule has 10 heteroatoms. The van der Waals surface area contributed by atoms with Crippen LogP contribution >= 0.6 is 31.9 Å². The van der Waals surface area contributed by atoms with Gasteiger partial charge in [-0.15, -0.1) is 0 Å². The molecule has 0 aliphatic carbocycles. The molecule has 0 aliphatic rings. The zero-order valence-corrected chi connectivity index (χ0v) is 13.3. The molecule has 0 saturated carbocycles.